The first-order valence-corrected chi connectivity index (χ1v) is 8.30. The molecule has 6 heteroatoms. The van der Waals surface area contributed by atoms with Gasteiger partial charge < -0.3 is 4.57 Å². The Balaban J connectivity index is 2.21. The molecule has 96 valence electrons. The lowest BCUT2D eigenvalue weighted by Gasteiger charge is -2.15. The summed E-state index contributed by atoms with van der Waals surface area (Å²) in [6.07, 6.45) is 3.00. The van der Waals surface area contributed by atoms with Crippen LogP contribution in [0.5, 0.6) is 0 Å². The molecule has 2 aromatic heterocycles. The number of pyridine rings is 1. The van der Waals surface area contributed by atoms with Gasteiger partial charge in [0, 0.05) is 22.5 Å². The van der Waals surface area contributed by atoms with Crippen molar-refractivity contribution in [2.75, 3.05) is 11.5 Å². The Bertz CT molecular complexity index is 578. The first kappa shape index (κ1) is 12.8. The molecule has 3 heterocycles. The molecule has 18 heavy (non-hydrogen) atoms. The Hall–Kier alpha value is -0.260. The summed E-state index contributed by atoms with van der Waals surface area (Å²) in [4.78, 5) is 9.16. The molecule has 0 spiro atoms. The maximum absolute atomic E-state index is 6.27. The summed E-state index contributed by atoms with van der Waals surface area (Å²) in [6.45, 7) is 1.97. The summed E-state index contributed by atoms with van der Waals surface area (Å²) in [5.74, 6) is 3.27. The molecule has 1 fully saturated rings. The van der Waals surface area contributed by atoms with E-state index in [1.807, 2.05) is 30.9 Å². The number of hydrogen-bond acceptors (Lipinski definition) is 3. The second kappa shape index (κ2) is 5.02. The smallest absolute Gasteiger partial charge is 0.160 e. The van der Waals surface area contributed by atoms with Gasteiger partial charge in [0.05, 0.1) is 5.38 Å². The van der Waals surface area contributed by atoms with Crippen molar-refractivity contribution in [3.8, 4) is 0 Å². The van der Waals surface area contributed by atoms with Crippen molar-refractivity contribution >= 4 is 50.5 Å². The zero-order chi connectivity index (χ0) is 12.7. The van der Waals surface area contributed by atoms with E-state index in [0.717, 1.165) is 27.2 Å². The van der Waals surface area contributed by atoms with E-state index in [-0.39, 0.29) is 5.38 Å². The molecule has 3 rings (SSSR count). The molecule has 0 aromatic carbocycles. The lowest BCUT2D eigenvalue weighted by molar-refractivity contribution is 0.545. The Morgan fingerprint density at radius 3 is 3.11 bits per heavy atom. The summed E-state index contributed by atoms with van der Waals surface area (Å²) < 4.78 is 3.19. The average molecular weight is 347 g/mol. The van der Waals surface area contributed by atoms with Crippen LogP contribution in [0, 0.1) is 0 Å². The van der Waals surface area contributed by atoms with E-state index in [2.05, 4.69) is 30.5 Å². The van der Waals surface area contributed by atoms with Crippen LogP contribution in [-0.2, 0) is 0 Å². The second-order valence-electron chi connectivity index (χ2n) is 4.47. The van der Waals surface area contributed by atoms with Crippen LogP contribution in [0.3, 0.4) is 0 Å². The van der Waals surface area contributed by atoms with Gasteiger partial charge in [-0.1, -0.05) is 0 Å². The molecule has 0 bridgehead atoms. The van der Waals surface area contributed by atoms with Crippen LogP contribution < -0.4 is 0 Å². The Morgan fingerprint density at radius 2 is 2.44 bits per heavy atom. The minimum atomic E-state index is -0.0939. The summed E-state index contributed by atoms with van der Waals surface area (Å²) in [5, 5.41) is -0.0939. The minimum Gasteiger partial charge on any atom is -0.307 e. The molecular weight excluding hydrogens is 334 g/mol. The molecule has 0 saturated carbocycles. The highest BCUT2D eigenvalue weighted by Crippen LogP contribution is 2.34. The molecule has 2 unspecified atom stereocenters. The summed E-state index contributed by atoms with van der Waals surface area (Å²) >= 11 is 11.7. The number of fused-ring (bicyclic) bond motifs is 1. The molecule has 0 aliphatic carbocycles. The average Bonchev–Trinajstić information content (AvgIpc) is 2.92. The Kier molecular flexibility index (Phi) is 3.56. The molecule has 3 nitrogen and oxygen atoms in total. The third-order valence-electron chi connectivity index (χ3n) is 3.15. The quantitative estimate of drug-likeness (QED) is 0.765. The molecule has 0 radical (unpaired) electrons. The second-order valence-corrected chi connectivity index (χ2v) is 7.19. The maximum Gasteiger partial charge on any atom is 0.160 e. The highest BCUT2D eigenvalue weighted by Gasteiger charge is 2.25. The van der Waals surface area contributed by atoms with E-state index in [1.165, 1.54) is 12.2 Å². The predicted molar refractivity (Wildman–Crippen MR) is 80.5 cm³/mol. The first-order valence-electron chi connectivity index (χ1n) is 5.92. The van der Waals surface area contributed by atoms with Gasteiger partial charge in [0.2, 0.25) is 0 Å². The number of aromatic nitrogens is 3. The third-order valence-corrected chi connectivity index (χ3v) is 4.92. The summed E-state index contributed by atoms with van der Waals surface area (Å²) in [6, 6.07) is 2.48. The van der Waals surface area contributed by atoms with E-state index in [4.69, 9.17) is 11.6 Å². The largest absolute Gasteiger partial charge is 0.307 e. The fraction of sp³-hybridized carbons (Fsp3) is 0.500. The van der Waals surface area contributed by atoms with E-state index >= 15 is 0 Å². The van der Waals surface area contributed by atoms with Crippen molar-refractivity contribution in [2.24, 2.45) is 0 Å². The number of alkyl halides is 1. The lowest BCUT2D eigenvalue weighted by atomic mass is 10.2. The van der Waals surface area contributed by atoms with Crippen molar-refractivity contribution in [1.82, 2.24) is 14.5 Å². The van der Waals surface area contributed by atoms with E-state index in [0.29, 0.717) is 6.04 Å². The molecular formula is C12H13BrClN3S. The van der Waals surface area contributed by atoms with Crippen LogP contribution in [0.25, 0.3) is 11.2 Å². The number of nitrogens with zero attached hydrogens (tertiary/aromatic N) is 3. The van der Waals surface area contributed by atoms with Crippen LogP contribution in [0.1, 0.15) is 30.6 Å². The van der Waals surface area contributed by atoms with Crippen molar-refractivity contribution in [3.05, 3.63) is 22.6 Å². The molecule has 2 aromatic rings. The van der Waals surface area contributed by atoms with E-state index < -0.39 is 0 Å². The van der Waals surface area contributed by atoms with Gasteiger partial charge in [0.1, 0.15) is 11.3 Å². The monoisotopic (exact) mass is 345 g/mol. The standard InChI is InChI=1S/C12H13BrClN3S/c1-7(14)11-16-10-4-8(13)5-15-12(10)17(11)9-2-3-18-6-9/h4-5,7,9H,2-3,6H2,1H3. The molecule has 0 amide bonds. The Morgan fingerprint density at radius 1 is 1.61 bits per heavy atom. The number of halogens is 2. The van der Waals surface area contributed by atoms with Gasteiger partial charge in [-0.15, -0.1) is 11.6 Å². The number of thioether (sulfide) groups is 1. The van der Waals surface area contributed by atoms with Gasteiger partial charge in [-0.05, 0) is 41.1 Å². The van der Waals surface area contributed by atoms with Gasteiger partial charge in [0.25, 0.3) is 0 Å². The first-order chi connectivity index (χ1) is 8.66. The summed E-state index contributed by atoms with van der Waals surface area (Å²) in [7, 11) is 0. The van der Waals surface area contributed by atoms with Gasteiger partial charge >= 0.3 is 0 Å². The van der Waals surface area contributed by atoms with Crippen LogP contribution >= 0.6 is 39.3 Å². The third kappa shape index (κ3) is 2.17. The fourth-order valence-electron chi connectivity index (χ4n) is 2.34. The van der Waals surface area contributed by atoms with Crippen molar-refractivity contribution in [2.45, 2.75) is 24.8 Å². The number of hydrogen-bond donors (Lipinski definition) is 0. The van der Waals surface area contributed by atoms with Crippen molar-refractivity contribution < 1.29 is 0 Å². The summed E-state index contributed by atoms with van der Waals surface area (Å²) in [5.41, 5.74) is 1.87. The fourth-order valence-corrected chi connectivity index (χ4v) is 4.01. The van der Waals surface area contributed by atoms with E-state index in [1.54, 1.807) is 0 Å². The highest BCUT2D eigenvalue weighted by atomic mass is 79.9. The highest BCUT2D eigenvalue weighted by molar-refractivity contribution is 9.10. The van der Waals surface area contributed by atoms with Gasteiger partial charge in [-0.25, -0.2) is 9.97 Å². The topological polar surface area (TPSA) is 30.7 Å². The van der Waals surface area contributed by atoms with Crippen LogP contribution in [0.15, 0.2) is 16.7 Å². The zero-order valence-corrected chi connectivity index (χ0v) is 13.1. The van der Waals surface area contributed by atoms with Crippen molar-refractivity contribution in [3.63, 3.8) is 0 Å². The minimum absolute atomic E-state index is 0.0939. The number of imidazole rings is 1. The van der Waals surface area contributed by atoms with E-state index in [9.17, 15) is 0 Å². The molecule has 2 atom stereocenters. The van der Waals surface area contributed by atoms with Crippen molar-refractivity contribution in [1.29, 1.82) is 0 Å². The molecule has 1 aliphatic heterocycles. The normalized spacial score (nSPS) is 21.6. The SMILES string of the molecule is CC(Cl)c1nc2cc(Br)cnc2n1C1CCSC1. The molecule has 1 saturated heterocycles. The zero-order valence-electron chi connectivity index (χ0n) is 9.94. The number of rotatable bonds is 2. The van der Waals surface area contributed by atoms with Crippen LogP contribution in [0.4, 0.5) is 0 Å². The Labute approximate surface area is 123 Å². The molecule has 0 N–H and O–H groups in total. The van der Waals surface area contributed by atoms with Crippen LogP contribution in [0.2, 0.25) is 0 Å². The van der Waals surface area contributed by atoms with Crippen LogP contribution in [-0.4, -0.2) is 26.0 Å². The van der Waals surface area contributed by atoms with Gasteiger partial charge in [-0.3, -0.25) is 0 Å². The predicted octanol–water partition coefficient (Wildman–Crippen LogP) is 4.17. The lowest BCUT2D eigenvalue weighted by Crippen LogP contribution is -2.12. The molecule has 1 aliphatic rings. The van der Waals surface area contributed by atoms with Gasteiger partial charge in [0.15, 0.2) is 5.65 Å². The van der Waals surface area contributed by atoms with Gasteiger partial charge in [-0.2, -0.15) is 11.8 Å². The maximum atomic E-state index is 6.27.